The van der Waals surface area contributed by atoms with Gasteiger partial charge in [-0.2, -0.15) is 10.5 Å². The monoisotopic (exact) mass is 776 g/mol. The minimum Gasteiger partial charge on any atom is -0.246 e. The number of nitrogens with zero attached hydrogens (tertiary/aromatic N) is 4. The highest BCUT2D eigenvalue weighted by atomic mass is 14.7. The first-order valence-corrected chi connectivity index (χ1v) is 20.3. The van der Waals surface area contributed by atoms with Crippen LogP contribution < -0.4 is 0 Å². The van der Waals surface area contributed by atoms with Crippen LogP contribution in [0.1, 0.15) is 63.8 Å². The van der Waals surface area contributed by atoms with Gasteiger partial charge in [0.15, 0.2) is 0 Å². The second kappa shape index (κ2) is 17.6. The second-order valence-electron chi connectivity index (χ2n) is 16.9. The third-order valence-electron chi connectivity index (χ3n) is 10.6. The van der Waals surface area contributed by atoms with Crippen molar-refractivity contribution in [2.45, 2.75) is 52.4 Å². The number of hydrogen-bond donors (Lipinski definition) is 0. The minimum absolute atomic E-state index is 0.0745. The molecular weight excluding hydrogens is 729 g/mol. The molecule has 0 aliphatic carbocycles. The Balaban J connectivity index is 0.000000181. The Morgan fingerprint density at radius 2 is 0.633 bits per heavy atom. The summed E-state index contributed by atoms with van der Waals surface area (Å²) in [6.07, 6.45) is 0. The van der Waals surface area contributed by atoms with E-state index in [1.807, 2.05) is 109 Å². The van der Waals surface area contributed by atoms with Crippen molar-refractivity contribution in [3.63, 3.8) is 0 Å². The van der Waals surface area contributed by atoms with Crippen LogP contribution in [0.15, 0.2) is 182 Å². The quantitative estimate of drug-likeness (QED) is 0.169. The van der Waals surface area contributed by atoms with Crippen molar-refractivity contribution in [3.05, 3.63) is 204 Å². The third-order valence-corrected chi connectivity index (χ3v) is 10.6. The van der Waals surface area contributed by atoms with E-state index in [1.165, 1.54) is 11.1 Å². The summed E-state index contributed by atoms with van der Waals surface area (Å²) in [4.78, 5) is 9.88. The predicted molar refractivity (Wildman–Crippen MR) is 248 cm³/mol. The Bertz CT molecular complexity index is 2590. The van der Waals surface area contributed by atoms with E-state index >= 15 is 0 Å². The van der Waals surface area contributed by atoms with E-state index in [9.17, 15) is 10.5 Å². The molecule has 2 aromatic heterocycles. The summed E-state index contributed by atoms with van der Waals surface area (Å²) in [5.74, 6) is 0. The second-order valence-corrected chi connectivity index (χ2v) is 16.9. The van der Waals surface area contributed by atoms with Crippen molar-refractivity contribution in [1.29, 1.82) is 10.5 Å². The van der Waals surface area contributed by atoms with Crippen molar-refractivity contribution in [2.75, 3.05) is 0 Å². The van der Waals surface area contributed by atoms with Crippen LogP contribution in [0.3, 0.4) is 0 Å². The van der Waals surface area contributed by atoms with E-state index < -0.39 is 0 Å². The van der Waals surface area contributed by atoms with Gasteiger partial charge in [-0.15, -0.1) is 0 Å². The Morgan fingerprint density at radius 1 is 0.350 bits per heavy atom. The molecule has 0 unspecified atom stereocenters. The van der Waals surface area contributed by atoms with Crippen molar-refractivity contribution in [2.24, 2.45) is 0 Å². The molecule has 0 fully saturated rings. The summed E-state index contributed by atoms with van der Waals surface area (Å²) in [5, 5.41) is 20.2. The predicted octanol–water partition coefficient (Wildman–Crippen LogP) is 14.5. The normalized spacial score (nSPS) is 11.1. The van der Waals surface area contributed by atoms with Crippen molar-refractivity contribution < 1.29 is 0 Å². The highest BCUT2D eigenvalue weighted by Gasteiger charge is 2.20. The van der Waals surface area contributed by atoms with Gasteiger partial charge in [-0.1, -0.05) is 211 Å². The largest absolute Gasteiger partial charge is 0.246 e. The fourth-order valence-electron chi connectivity index (χ4n) is 7.19. The number of aromatic nitrogens is 2. The van der Waals surface area contributed by atoms with E-state index in [1.54, 1.807) is 0 Å². The molecule has 0 aliphatic rings. The average Bonchev–Trinajstić information content (AvgIpc) is 3.29. The number of nitriles is 2. The van der Waals surface area contributed by atoms with Crippen molar-refractivity contribution >= 4 is 0 Å². The summed E-state index contributed by atoms with van der Waals surface area (Å²) in [6.45, 7) is 13.2. The van der Waals surface area contributed by atoms with Crippen LogP contribution in [-0.2, 0) is 10.8 Å². The molecule has 0 radical (unpaired) electrons. The van der Waals surface area contributed by atoms with Gasteiger partial charge in [0.1, 0.15) is 12.1 Å². The molecule has 6 aromatic carbocycles. The molecule has 8 rings (SSSR count). The molecule has 0 atom stereocenters. The first-order valence-electron chi connectivity index (χ1n) is 20.3. The summed E-state index contributed by atoms with van der Waals surface area (Å²) in [6, 6.07) is 66.1. The van der Waals surface area contributed by atoms with Gasteiger partial charge in [-0.25, -0.2) is 9.97 Å². The minimum atomic E-state index is 0.0745. The van der Waals surface area contributed by atoms with Gasteiger partial charge in [0.25, 0.3) is 0 Å². The maximum atomic E-state index is 10.1. The molecule has 292 valence electrons. The van der Waals surface area contributed by atoms with Gasteiger partial charge in [0.2, 0.25) is 0 Å². The first kappa shape index (κ1) is 40.8. The zero-order valence-corrected chi connectivity index (χ0v) is 35.1. The maximum absolute atomic E-state index is 10.1. The van der Waals surface area contributed by atoms with Crippen LogP contribution in [0.5, 0.6) is 0 Å². The maximum Gasteiger partial charge on any atom is 0.102 e. The molecular formula is C56H48N4. The van der Waals surface area contributed by atoms with Gasteiger partial charge in [0, 0.05) is 33.4 Å². The summed E-state index contributed by atoms with van der Waals surface area (Å²) < 4.78 is 0. The molecule has 8 aromatic rings. The molecule has 0 spiro atoms. The van der Waals surface area contributed by atoms with Crippen LogP contribution in [0.25, 0.3) is 67.3 Å². The lowest BCUT2D eigenvalue weighted by Crippen LogP contribution is -2.10. The summed E-state index contributed by atoms with van der Waals surface area (Å²) in [7, 11) is 0. The standard InChI is InChI=1S/2C28H24N2/c2*1-28(2,3)23-16-14-22(15-17-23)27-25(19-29)24(20-10-6-4-7-11-20)18-26(30-27)21-12-8-5-9-13-21/h2*4-18H,1-3H3. The van der Waals surface area contributed by atoms with Crippen molar-refractivity contribution in [3.8, 4) is 79.4 Å². The SMILES string of the molecule is CC(C)(C)c1ccc(-c2nc(-c3ccccc3)cc(-c3ccccc3)c2C#N)cc1.CC(C)(C)c1ccc(-c2nc(-c3ccccc3)cc(-c3ccccc3)c2C#N)cc1. The molecule has 4 nitrogen and oxygen atoms in total. The van der Waals surface area contributed by atoms with Crippen LogP contribution in [0, 0.1) is 22.7 Å². The molecule has 0 N–H and O–H groups in total. The van der Waals surface area contributed by atoms with Crippen LogP contribution in [0.4, 0.5) is 0 Å². The molecule has 0 saturated heterocycles. The summed E-state index contributed by atoms with van der Waals surface area (Å²) in [5.41, 5.74) is 14.8. The lowest BCUT2D eigenvalue weighted by Gasteiger charge is -2.19. The molecule has 0 bridgehead atoms. The smallest absolute Gasteiger partial charge is 0.102 e. The Hall–Kier alpha value is -7.40. The lowest BCUT2D eigenvalue weighted by atomic mass is 9.86. The number of hydrogen-bond acceptors (Lipinski definition) is 4. The Labute approximate surface area is 355 Å². The van der Waals surface area contributed by atoms with Gasteiger partial charge < -0.3 is 0 Å². The summed E-state index contributed by atoms with van der Waals surface area (Å²) >= 11 is 0. The lowest BCUT2D eigenvalue weighted by molar-refractivity contribution is 0.590. The Morgan fingerprint density at radius 3 is 0.900 bits per heavy atom. The third kappa shape index (κ3) is 9.16. The molecule has 0 saturated carbocycles. The number of pyridine rings is 2. The zero-order valence-electron chi connectivity index (χ0n) is 35.1. The zero-order chi connectivity index (χ0) is 42.3. The topological polar surface area (TPSA) is 73.4 Å². The van der Waals surface area contributed by atoms with E-state index in [-0.39, 0.29) is 10.8 Å². The number of benzene rings is 6. The van der Waals surface area contributed by atoms with Gasteiger partial charge in [-0.05, 0) is 45.2 Å². The van der Waals surface area contributed by atoms with Crippen LogP contribution in [0.2, 0.25) is 0 Å². The van der Waals surface area contributed by atoms with Gasteiger partial charge >= 0.3 is 0 Å². The van der Waals surface area contributed by atoms with Crippen LogP contribution >= 0.6 is 0 Å². The molecule has 0 amide bonds. The van der Waals surface area contributed by atoms with E-state index in [0.29, 0.717) is 11.1 Å². The molecule has 2 heterocycles. The van der Waals surface area contributed by atoms with E-state index in [4.69, 9.17) is 9.97 Å². The molecule has 0 aliphatic heterocycles. The van der Waals surface area contributed by atoms with Crippen molar-refractivity contribution in [1.82, 2.24) is 9.97 Å². The van der Waals surface area contributed by atoms with E-state index in [2.05, 4.69) is 126 Å². The highest BCUT2D eigenvalue weighted by Crippen LogP contribution is 2.37. The first-order chi connectivity index (χ1) is 28.9. The Kier molecular flexibility index (Phi) is 12.0. The molecule has 60 heavy (non-hydrogen) atoms. The highest BCUT2D eigenvalue weighted by molar-refractivity contribution is 5.85. The van der Waals surface area contributed by atoms with Gasteiger partial charge in [0.05, 0.1) is 33.9 Å². The molecule has 4 heteroatoms. The number of rotatable bonds is 6. The fraction of sp³-hybridized carbons (Fsp3) is 0.143. The van der Waals surface area contributed by atoms with Gasteiger partial charge in [-0.3, -0.25) is 0 Å². The average molecular weight is 777 g/mol. The van der Waals surface area contributed by atoms with Crippen LogP contribution in [-0.4, -0.2) is 9.97 Å². The fourth-order valence-corrected chi connectivity index (χ4v) is 7.19. The van der Waals surface area contributed by atoms with E-state index in [0.717, 1.165) is 67.3 Å².